The maximum absolute atomic E-state index is 13.7. The van der Waals surface area contributed by atoms with Gasteiger partial charge < -0.3 is 26.8 Å². The van der Waals surface area contributed by atoms with Gasteiger partial charge in [0.25, 0.3) is 5.82 Å². The number of rotatable bonds is 7. The number of imidazole rings is 1. The number of alkyl halides is 2. The smallest absolute Gasteiger partial charge is 0.343 e. The maximum atomic E-state index is 13.7. The second kappa shape index (κ2) is 9.00. The summed E-state index contributed by atoms with van der Waals surface area (Å²) in [6.45, 7) is 2.78. The van der Waals surface area contributed by atoms with Gasteiger partial charge >= 0.3 is 5.97 Å². The zero-order chi connectivity index (χ0) is 19.7. The van der Waals surface area contributed by atoms with Crippen molar-refractivity contribution in [3.8, 4) is 0 Å². The quantitative estimate of drug-likeness (QED) is 0.344. The van der Waals surface area contributed by atoms with E-state index in [2.05, 4.69) is 0 Å². The largest absolute Gasteiger partial charge is 1.00 e. The van der Waals surface area contributed by atoms with Crippen LogP contribution in [0.25, 0.3) is 0 Å². The average Bonchev–Trinajstić information content (AvgIpc) is 3.34. The van der Waals surface area contributed by atoms with Gasteiger partial charge in [0, 0.05) is 37.0 Å². The third-order valence-electron chi connectivity index (χ3n) is 5.38. The molecule has 1 fully saturated rings. The van der Waals surface area contributed by atoms with Crippen LogP contribution in [0.1, 0.15) is 36.4 Å². The van der Waals surface area contributed by atoms with E-state index in [1.807, 2.05) is 35.5 Å². The van der Waals surface area contributed by atoms with Crippen LogP contribution in [0.15, 0.2) is 29.9 Å². The average molecular weight is 479 g/mol. The molecular weight excluding hydrogens is 454 g/mol. The topological polar surface area (TPSA) is 55.3 Å². The molecule has 5 nitrogen and oxygen atoms in total. The summed E-state index contributed by atoms with van der Waals surface area (Å²) in [4.78, 5) is 13.1. The molecule has 9 heteroatoms. The molecule has 1 N–H and O–H groups in total. The van der Waals surface area contributed by atoms with Crippen LogP contribution in [0.3, 0.4) is 0 Å². The first-order valence-electron chi connectivity index (χ1n) is 9.07. The van der Waals surface area contributed by atoms with Gasteiger partial charge in [-0.3, -0.25) is 0 Å². The summed E-state index contributed by atoms with van der Waals surface area (Å²) in [5.74, 6) is -3.45. The Bertz CT molecular complexity index is 797. The number of thiophene rings is 1. The highest BCUT2D eigenvalue weighted by atomic mass is 79.9. The van der Waals surface area contributed by atoms with Crippen LogP contribution in [0, 0.1) is 12.8 Å². The number of halogens is 3. The second-order valence-corrected chi connectivity index (χ2v) is 8.13. The normalized spacial score (nSPS) is 20.4. The number of hydrogen-bond acceptors (Lipinski definition) is 4. The Morgan fingerprint density at radius 3 is 2.82 bits per heavy atom. The fourth-order valence-electron chi connectivity index (χ4n) is 3.62. The van der Waals surface area contributed by atoms with Crippen LogP contribution in [-0.4, -0.2) is 28.2 Å². The van der Waals surface area contributed by atoms with Crippen molar-refractivity contribution in [2.45, 2.75) is 50.7 Å². The third kappa shape index (κ3) is 4.63. The third-order valence-corrected chi connectivity index (χ3v) is 6.37. The molecule has 2 aromatic heterocycles. The molecule has 156 valence electrons. The number of carbonyl (C=O) groups excluding carboxylic acids is 1. The molecule has 3 rings (SSSR count). The van der Waals surface area contributed by atoms with E-state index in [1.54, 1.807) is 17.5 Å². The Balaban J connectivity index is 0.00000280. The number of ether oxygens (including phenoxy) is 1. The molecule has 1 aliphatic carbocycles. The van der Waals surface area contributed by atoms with Crippen molar-refractivity contribution in [3.05, 3.63) is 40.6 Å². The van der Waals surface area contributed by atoms with Crippen LogP contribution in [-0.2, 0) is 28.7 Å². The first kappa shape index (κ1) is 23.0. The number of esters is 1. The highest BCUT2D eigenvalue weighted by Gasteiger charge is 2.55. The Labute approximate surface area is 177 Å². The van der Waals surface area contributed by atoms with E-state index in [1.165, 1.54) is 11.3 Å². The lowest BCUT2D eigenvalue weighted by atomic mass is 9.84. The summed E-state index contributed by atoms with van der Waals surface area (Å²) in [5, 5.41) is 12.8. The highest BCUT2D eigenvalue weighted by Crippen LogP contribution is 2.48. The molecule has 1 saturated carbocycles. The molecule has 0 saturated heterocycles. The molecule has 28 heavy (non-hydrogen) atoms. The fourth-order valence-corrected chi connectivity index (χ4v) is 4.51. The lowest BCUT2D eigenvalue weighted by Gasteiger charge is -2.30. The van der Waals surface area contributed by atoms with Crippen molar-refractivity contribution >= 4 is 17.3 Å². The number of nitrogens with zero attached hydrogens (tertiary/aromatic N) is 2. The molecule has 2 heterocycles. The van der Waals surface area contributed by atoms with Crippen LogP contribution >= 0.6 is 11.3 Å². The summed E-state index contributed by atoms with van der Waals surface area (Å²) in [6.07, 6.45) is 3.73. The van der Waals surface area contributed by atoms with Crippen molar-refractivity contribution in [1.29, 1.82) is 0 Å². The Hall–Kier alpha value is -1.32. The van der Waals surface area contributed by atoms with E-state index in [9.17, 15) is 18.7 Å². The Kier molecular flexibility index (Phi) is 7.38. The monoisotopic (exact) mass is 478 g/mol. The molecule has 0 spiro atoms. The van der Waals surface area contributed by atoms with Crippen molar-refractivity contribution < 1.29 is 45.0 Å². The van der Waals surface area contributed by atoms with Gasteiger partial charge in [-0.1, -0.05) is 6.07 Å². The molecule has 0 bridgehead atoms. The van der Waals surface area contributed by atoms with E-state index in [0.29, 0.717) is 17.8 Å². The molecular formula is C19H25BrF2N2O3S. The summed E-state index contributed by atoms with van der Waals surface area (Å²) in [7, 11) is 1.95. The van der Waals surface area contributed by atoms with Crippen molar-refractivity contribution in [1.82, 2.24) is 4.57 Å². The molecule has 2 atom stereocenters. The maximum Gasteiger partial charge on any atom is 0.343 e. The van der Waals surface area contributed by atoms with E-state index in [0.717, 1.165) is 5.82 Å². The summed E-state index contributed by atoms with van der Waals surface area (Å²) in [5.41, 5.74) is -2.01. The fraction of sp³-hybridized carbons (Fsp3) is 0.579. The van der Waals surface area contributed by atoms with Crippen molar-refractivity contribution in [2.75, 3.05) is 6.61 Å². The molecule has 0 amide bonds. The van der Waals surface area contributed by atoms with Gasteiger partial charge in [-0.15, -0.1) is 11.3 Å². The number of aliphatic hydroxyl groups is 1. The minimum absolute atomic E-state index is 0. The zero-order valence-corrected chi connectivity index (χ0v) is 18.3. The minimum Gasteiger partial charge on any atom is -1.00 e. The van der Waals surface area contributed by atoms with Gasteiger partial charge in [0.05, 0.1) is 20.2 Å². The summed E-state index contributed by atoms with van der Waals surface area (Å²) < 4.78 is 36.8. The highest BCUT2D eigenvalue weighted by molar-refractivity contribution is 7.10. The predicted molar refractivity (Wildman–Crippen MR) is 96.4 cm³/mol. The van der Waals surface area contributed by atoms with Gasteiger partial charge in [-0.05, 0) is 17.9 Å². The van der Waals surface area contributed by atoms with E-state index < -0.39 is 29.8 Å². The number of hydrogen-bond donors (Lipinski definition) is 1. The zero-order valence-electron chi connectivity index (χ0n) is 15.9. The van der Waals surface area contributed by atoms with Gasteiger partial charge in [0.15, 0.2) is 5.60 Å². The molecule has 0 aliphatic heterocycles. The van der Waals surface area contributed by atoms with Crippen LogP contribution in [0.4, 0.5) is 8.78 Å². The van der Waals surface area contributed by atoms with Crippen LogP contribution < -0.4 is 21.5 Å². The molecule has 1 aliphatic rings. The van der Waals surface area contributed by atoms with Gasteiger partial charge in [-0.25, -0.2) is 22.7 Å². The van der Waals surface area contributed by atoms with Crippen molar-refractivity contribution in [2.24, 2.45) is 13.0 Å². The lowest BCUT2D eigenvalue weighted by Crippen LogP contribution is -3.00. The molecule has 0 radical (unpaired) electrons. The predicted octanol–water partition coefficient (Wildman–Crippen LogP) is -0.0570. The first-order valence-corrected chi connectivity index (χ1v) is 9.95. The standard InChI is InChI=1S/C19H25F2N2O3S.BrH/c1-14-22(2)9-10-23(14)8-4-11-26-17(24)19(25,16-5-3-12-27-16)15-6-7-18(20,21)13-15;/h3,5,9-10,12,15,25H,4,6-8,11,13H2,1-2H3;1H/q+1;/p-1. The van der Waals surface area contributed by atoms with Crippen molar-refractivity contribution in [3.63, 3.8) is 0 Å². The number of aromatic nitrogens is 2. The number of carbonyl (C=O) groups is 1. The Morgan fingerprint density at radius 2 is 2.29 bits per heavy atom. The first-order chi connectivity index (χ1) is 12.7. The molecule has 2 aromatic rings. The van der Waals surface area contributed by atoms with Gasteiger partial charge in [0.1, 0.15) is 12.4 Å². The SMILES string of the molecule is Cc1n(CCCOC(=O)C(O)(c2cccs2)C2CCC(F)(F)C2)cc[n+]1C.[Br-]. The van der Waals surface area contributed by atoms with E-state index in [-0.39, 0.29) is 36.4 Å². The summed E-state index contributed by atoms with van der Waals surface area (Å²) in [6, 6.07) is 3.30. The van der Waals surface area contributed by atoms with E-state index >= 15 is 0 Å². The minimum atomic E-state index is -2.85. The summed E-state index contributed by atoms with van der Waals surface area (Å²) >= 11 is 1.18. The lowest BCUT2D eigenvalue weighted by molar-refractivity contribution is -0.677. The van der Waals surface area contributed by atoms with Crippen LogP contribution in [0.2, 0.25) is 0 Å². The second-order valence-electron chi connectivity index (χ2n) is 7.18. The molecule has 0 aromatic carbocycles. The van der Waals surface area contributed by atoms with Gasteiger partial charge in [0.2, 0.25) is 5.92 Å². The van der Waals surface area contributed by atoms with Gasteiger partial charge in [-0.2, -0.15) is 0 Å². The van der Waals surface area contributed by atoms with Crippen LogP contribution in [0.5, 0.6) is 0 Å². The van der Waals surface area contributed by atoms with E-state index in [4.69, 9.17) is 4.74 Å². The number of aryl methyl sites for hydroxylation is 2. The molecule has 2 unspecified atom stereocenters. The Morgan fingerprint density at radius 1 is 1.54 bits per heavy atom.